The van der Waals surface area contributed by atoms with E-state index in [0.29, 0.717) is 23.9 Å². The molecule has 36 heavy (non-hydrogen) atoms. The number of hydrogen-bond acceptors (Lipinski definition) is 8. The maximum atomic E-state index is 4.67. The molecule has 0 aliphatic heterocycles. The predicted molar refractivity (Wildman–Crippen MR) is 140 cm³/mol. The zero-order chi connectivity index (χ0) is 24.7. The van der Waals surface area contributed by atoms with E-state index in [4.69, 9.17) is 0 Å². The first kappa shape index (κ1) is 23.3. The fourth-order valence-corrected chi connectivity index (χ4v) is 3.76. The molecule has 9 nitrogen and oxygen atoms in total. The van der Waals surface area contributed by atoms with Gasteiger partial charge in [0.1, 0.15) is 23.2 Å². The van der Waals surface area contributed by atoms with E-state index in [0.717, 1.165) is 47.0 Å². The van der Waals surface area contributed by atoms with Gasteiger partial charge < -0.3 is 10.6 Å². The average molecular weight is 478 g/mol. The smallest absolute Gasteiger partial charge is 0.180 e. The third kappa shape index (κ3) is 5.76. The van der Waals surface area contributed by atoms with E-state index in [9.17, 15) is 0 Å². The number of anilines is 2. The van der Waals surface area contributed by atoms with Gasteiger partial charge in [-0.15, -0.1) is 0 Å². The summed E-state index contributed by atoms with van der Waals surface area (Å²) in [6.07, 6.45) is 8.06. The van der Waals surface area contributed by atoms with Crippen LogP contribution >= 0.6 is 0 Å². The summed E-state index contributed by atoms with van der Waals surface area (Å²) in [7, 11) is 1.94. The Hall–Kier alpha value is -4.50. The molecule has 0 saturated carbocycles. The summed E-state index contributed by atoms with van der Waals surface area (Å²) < 4.78 is 1.95. The molecule has 0 aliphatic carbocycles. The van der Waals surface area contributed by atoms with Crippen molar-refractivity contribution in [3.05, 3.63) is 96.5 Å². The molecule has 0 aliphatic rings. The van der Waals surface area contributed by atoms with Crippen molar-refractivity contribution in [2.24, 2.45) is 0 Å². The van der Waals surface area contributed by atoms with Gasteiger partial charge in [-0.2, -0.15) is 5.10 Å². The normalized spacial score (nSPS) is 10.9. The largest absolute Gasteiger partial charge is 0.325 e. The van der Waals surface area contributed by atoms with Gasteiger partial charge in [-0.05, 0) is 49.4 Å². The number of likely N-dealkylation sites (N-methyl/N-ethyl adjacent to an activating group) is 1. The number of benzene rings is 1. The Kier molecular flexibility index (Phi) is 7.00. The van der Waals surface area contributed by atoms with E-state index in [1.54, 1.807) is 18.5 Å². The standard InChI is InChI=1S/C27H27N9/c1-19-4-3-5-23(32-19)27-30-13-11-25(35-27)33-24-10-12-29-26(34-24)16-20-6-8-21(9-7-20)22-17-31-36(18-22)15-14-28-2/h3-13,17-18,28H,14-16H2,1-2H3,(H,29,30,33,34,35). The molecular formula is C27H27N9. The molecule has 0 amide bonds. The van der Waals surface area contributed by atoms with Gasteiger partial charge in [0, 0.05) is 42.8 Å². The number of rotatable bonds is 9. The monoisotopic (exact) mass is 477 g/mol. The van der Waals surface area contributed by atoms with Crippen molar-refractivity contribution < 1.29 is 0 Å². The number of aromatic nitrogens is 7. The van der Waals surface area contributed by atoms with Crippen molar-refractivity contribution in [2.75, 3.05) is 18.9 Å². The first-order valence-corrected chi connectivity index (χ1v) is 11.8. The number of nitrogens with one attached hydrogen (secondary N) is 2. The van der Waals surface area contributed by atoms with Crippen LogP contribution in [0.1, 0.15) is 17.1 Å². The van der Waals surface area contributed by atoms with E-state index in [1.807, 2.05) is 49.1 Å². The van der Waals surface area contributed by atoms with Gasteiger partial charge in [0.05, 0.1) is 12.7 Å². The summed E-state index contributed by atoms with van der Waals surface area (Å²) in [5, 5.41) is 10.8. The lowest BCUT2D eigenvalue weighted by Crippen LogP contribution is -2.14. The fraction of sp³-hybridized carbons (Fsp3) is 0.185. The molecule has 4 aromatic heterocycles. The molecule has 0 unspecified atom stereocenters. The average Bonchev–Trinajstić information content (AvgIpc) is 3.37. The molecule has 5 aromatic rings. The van der Waals surface area contributed by atoms with Crippen molar-refractivity contribution in [3.63, 3.8) is 0 Å². The Morgan fingerprint density at radius 3 is 2.44 bits per heavy atom. The second kappa shape index (κ2) is 10.8. The Morgan fingerprint density at radius 2 is 1.64 bits per heavy atom. The maximum Gasteiger partial charge on any atom is 0.180 e. The van der Waals surface area contributed by atoms with Crippen LogP contribution in [-0.2, 0) is 13.0 Å². The fourth-order valence-electron chi connectivity index (χ4n) is 3.76. The quantitative estimate of drug-likeness (QED) is 0.327. The summed E-state index contributed by atoms with van der Waals surface area (Å²) in [5.74, 6) is 2.60. The van der Waals surface area contributed by atoms with Crippen molar-refractivity contribution in [1.29, 1.82) is 0 Å². The summed E-state index contributed by atoms with van der Waals surface area (Å²) in [6, 6.07) is 17.9. The van der Waals surface area contributed by atoms with E-state index in [-0.39, 0.29) is 0 Å². The molecule has 1 aromatic carbocycles. The Bertz CT molecular complexity index is 1440. The predicted octanol–water partition coefficient (Wildman–Crippen LogP) is 4.05. The molecule has 0 fully saturated rings. The van der Waals surface area contributed by atoms with E-state index in [1.165, 1.54) is 0 Å². The molecule has 180 valence electrons. The minimum Gasteiger partial charge on any atom is -0.325 e. The number of pyridine rings is 1. The second-order valence-electron chi connectivity index (χ2n) is 8.38. The minimum absolute atomic E-state index is 0.561. The van der Waals surface area contributed by atoms with Crippen LogP contribution in [0.4, 0.5) is 11.6 Å². The van der Waals surface area contributed by atoms with Crippen molar-refractivity contribution in [2.45, 2.75) is 19.9 Å². The molecular weight excluding hydrogens is 450 g/mol. The third-order valence-corrected chi connectivity index (χ3v) is 5.61. The van der Waals surface area contributed by atoms with E-state index < -0.39 is 0 Å². The topological polar surface area (TPSA) is 106 Å². The molecule has 9 heteroatoms. The van der Waals surface area contributed by atoms with Crippen LogP contribution in [0.5, 0.6) is 0 Å². The van der Waals surface area contributed by atoms with Gasteiger partial charge in [-0.1, -0.05) is 30.3 Å². The summed E-state index contributed by atoms with van der Waals surface area (Å²) >= 11 is 0. The van der Waals surface area contributed by atoms with Crippen LogP contribution in [0, 0.1) is 6.92 Å². The van der Waals surface area contributed by atoms with Crippen molar-refractivity contribution in [3.8, 4) is 22.6 Å². The highest BCUT2D eigenvalue weighted by Crippen LogP contribution is 2.21. The molecule has 5 rings (SSSR count). The molecule has 2 N–H and O–H groups in total. The zero-order valence-electron chi connectivity index (χ0n) is 20.3. The van der Waals surface area contributed by atoms with E-state index in [2.05, 4.69) is 71.1 Å². The minimum atomic E-state index is 0.561. The number of aryl methyl sites for hydroxylation is 1. The van der Waals surface area contributed by atoms with Crippen LogP contribution in [0.15, 0.2) is 79.4 Å². The second-order valence-corrected chi connectivity index (χ2v) is 8.38. The summed E-state index contributed by atoms with van der Waals surface area (Å²) in [6.45, 7) is 3.67. The molecule has 0 bridgehead atoms. The van der Waals surface area contributed by atoms with Crippen LogP contribution < -0.4 is 10.6 Å². The van der Waals surface area contributed by atoms with Gasteiger partial charge in [-0.25, -0.2) is 24.9 Å². The SMILES string of the molecule is CNCCn1cc(-c2ccc(Cc3nccc(Nc4ccnc(-c5cccc(C)n5)n4)n3)cc2)cn1. The highest BCUT2D eigenvalue weighted by molar-refractivity contribution is 5.62. The molecule has 0 atom stereocenters. The summed E-state index contributed by atoms with van der Waals surface area (Å²) in [4.78, 5) is 22.6. The van der Waals surface area contributed by atoms with E-state index >= 15 is 0 Å². The van der Waals surface area contributed by atoms with Crippen LogP contribution in [0.3, 0.4) is 0 Å². The molecule has 4 heterocycles. The molecule has 0 saturated heterocycles. The lowest BCUT2D eigenvalue weighted by Gasteiger charge is -2.08. The Balaban J connectivity index is 1.26. The van der Waals surface area contributed by atoms with Gasteiger partial charge in [0.15, 0.2) is 5.82 Å². The number of nitrogens with zero attached hydrogens (tertiary/aromatic N) is 7. The lowest BCUT2D eigenvalue weighted by atomic mass is 10.1. The lowest BCUT2D eigenvalue weighted by molar-refractivity contribution is 0.585. The van der Waals surface area contributed by atoms with Crippen molar-refractivity contribution >= 4 is 11.6 Å². The zero-order valence-corrected chi connectivity index (χ0v) is 20.3. The number of hydrogen-bond donors (Lipinski definition) is 2. The maximum absolute atomic E-state index is 4.67. The Morgan fingerprint density at radius 1 is 0.833 bits per heavy atom. The van der Waals surface area contributed by atoms with Crippen LogP contribution in [-0.4, -0.2) is 48.3 Å². The van der Waals surface area contributed by atoms with Gasteiger partial charge in [0.2, 0.25) is 0 Å². The van der Waals surface area contributed by atoms with Gasteiger partial charge >= 0.3 is 0 Å². The third-order valence-electron chi connectivity index (χ3n) is 5.61. The first-order chi connectivity index (χ1) is 17.7. The van der Waals surface area contributed by atoms with Crippen molar-refractivity contribution in [1.82, 2.24) is 40.0 Å². The molecule has 0 radical (unpaired) electrons. The van der Waals surface area contributed by atoms with Crippen LogP contribution in [0.2, 0.25) is 0 Å². The Labute approximate surface area is 209 Å². The van der Waals surface area contributed by atoms with Crippen LogP contribution in [0.25, 0.3) is 22.6 Å². The highest BCUT2D eigenvalue weighted by atomic mass is 15.3. The summed E-state index contributed by atoms with van der Waals surface area (Å²) in [5.41, 5.74) is 5.02. The first-order valence-electron chi connectivity index (χ1n) is 11.8. The highest BCUT2D eigenvalue weighted by Gasteiger charge is 2.08. The van der Waals surface area contributed by atoms with Gasteiger partial charge in [0.25, 0.3) is 0 Å². The molecule has 0 spiro atoms. The van der Waals surface area contributed by atoms with Gasteiger partial charge in [-0.3, -0.25) is 4.68 Å².